The van der Waals surface area contributed by atoms with E-state index in [0.29, 0.717) is 11.6 Å². The molecule has 0 spiro atoms. The zero-order valence-corrected chi connectivity index (χ0v) is 14.3. The number of likely N-dealkylation sites (tertiary alicyclic amines) is 1. The van der Waals surface area contributed by atoms with Crippen molar-refractivity contribution in [1.29, 1.82) is 0 Å². The lowest BCUT2D eigenvalue weighted by molar-refractivity contribution is 0.0793. The molecule has 0 amide bonds. The molecule has 128 valence electrons. The van der Waals surface area contributed by atoms with Crippen molar-refractivity contribution in [3.63, 3.8) is 0 Å². The summed E-state index contributed by atoms with van der Waals surface area (Å²) < 4.78 is 0. The van der Waals surface area contributed by atoms with E-state index in [1.807, 2.05) is 12.1 Å². The third-order valence-electron chi connectivity index (χ3n) is 4.48. The van der Waals surface area contributed by atoms with E-state index < -0.39 is 0 Å². The topological polar surface area (TPSA) is 55.7 Å². The van der Waals surface area contributed by atoms with E-state index in [1.165, 1.54) is 5.56 Å². The van der Waals surface area contributed by atoms with Crippen LogP contribution < -0.4 is 5.32 Å². The summed E-state index contributed by atoms with van der Waals surface area (Å²) in [6.45, 7) is 3.22. The number of hydrogen-bond acceptors (Lipinski definition) is 4. The molecule has 1 saturated heterocycles. The smallest absolute Gasteiger partial charge is 0.120 e. The highest BCUT2D eigenvalue weighted by Gasteiger charge is 2.17. The van der Waals surface area contributed by atoms with Crippen molar-refractivity contribution < 1.29 is 10.2 Å². The fourth-order valence-electron chi connectivity index (χ4n) is 3.04. The van der Waals surface area contributed by atoms with E-state index >= 15 is 0 Å². The number of nitrogens with one attached hydrogen (secondary N) is 1. The minimum Gasteiger partial charge on any atom is -0.508 e. The van der Waals surface area contributed by atoms with Crippen LogP contribution in [0.2, 0.25) is 5.02 Å². The molecular formula is C19H23ClN2O2. The van der Waals surface area contributed by atoms with Crippen LogP contribution in [-0.4, -0.2) is 34.3 Å². The van der Waals surface area contributed by atoms with Crippen LogP contribution in [-0.2, 0) is 13.1 Å². The normalized spacial score (nSPS) is 16.2. The summed E-state index contributed by atoms with van der Waals surface area (Å²) in [4.78, 5) is 2.37. The molecule has 4 nitrogen and oxygen atoms in total. The molecule has 1 heterocycles. The Morgan fingerprint density at radius 1 is 1.08 bits per heavy atom. The number of rotatable bonds is 5. The molecule has 3 rings (SSSR count). The summed E-state index contributed by atoms with van der Waals surface area (Å²) in [6.07, 6.45) is 1.53. The monoisotopic (exact) mass is 346 g/mol. The predicted octanol–water partition coefficient (Wildman–Crippen LogP) is 3.61. The summed E-state index contributed by atoms with van der Waals surface area (Å²) in [5, 5.41) is 23.6. The summed E-state index contributed by atoms with van der Waals surface area (Å²) in [6, 6.07) is 13.3. The molecule has 5 heteroatoms. The van der Waals surface area contributed by atoms with Crippen molar-refractivity contribution in [1.82, 2.24) is 4.90 Å². The lowest BCUT2D eigenvalue weighted by Gasteiger charge is -2.30. The van der Waals surface area contributed by atoms with Gasteiger partial charge < -0.3 is 15.5 Å². The predicted molar refractivity (Wildman–Crippen MR) is 97.4 cm³/mol. The van der Waals surface area contributed by atoms with Gasteiger partial charge in [0, 0.05) is 42.5 Å². The molecule has 0 saturated carbocycles. The van der Waals surface area contributed by atoms with Crippen LogP contribution in [0.3, 0.4) is 0 Å². The molecule has 24 heavy (non-hydrogen) atoms. The van der Waals surface area contributed by atoms with E-state index in [-0.39, 0.29) is 11.9 Å². The van der Waals surface area contributed by atoms with Gasteiger partial charge in [0.2, 0.25) is 0 Å². The van der Waals surface area contributed by atoms with Crippen molar-refractivity contribution >= 4 is 17.3 Å². The zero-order chi connectivity index (χ0) is 16.9. The van der Waals surface area contributed by atoms with Gasteiger partial charge in [0.15, 0.2) is 0 Å². The van der Waals surface area contributed by atoms with E-state index in [2.05, 4.69) is 22.3 Å². The number of aromatic hydroxyl groups is 1. The molecular weight excluding hydrogens is 324 g/mol. The van der Waals surface area contributed by atoms with Gasteiger partial charge in [0.25, 0.3) is 0 Å². The minimum absolute atomic E-state index is 0.152. The van der Waals surface area contributed by atoms with Crippen LogP contribution in [0.15, 0.2) is 42.5 Å². The van der Waals surface area contributed by atoms with Crippen LogP contribution in [0.4, 0.5) is 5.69 Å². The number of aliphatic hydroxyl groups excluding tert-OH is 1. The van der Waals surface area contributed by atoms with Gasteiger partial charge in [-0.25, -0.2) is 0 Å². The van der Waals surface area contributed by atoms with Crippen LogP contribution in [0.5, 0.6) is 5.75 Å². The quantitative estimate of drug-likeness (QED) is 0.774. The van der Waals surface area contributed by atoms with Crippen LogP contribution >= 0.6 is 11.6 Å². The number of anilines is 1. The molecule has 0 aliphatic carbocycles. The van der Waals surface area contributed by atoms with Crippen molar-refractivity contribution in [3.05, 3.63) is 58.6 Å². The largest absolute Gasteiger partial charge is 0.508 e. The van der Waals surface area contributed by atoms with Gasteiger partial charge in [-0.3, -0.25) is 4.90 Å². The Balaban J connectivity index is 1.66. The van der Waals surface area contributed by atoms with Gasteiger partial charge in [-0.2, -0.15) is 0 Å². The number of phenolic OH excluding ortho intramolecular Hbond substituents is 1. The Hall–Kier alpha value is -1.75. The molecule has 0 atom stereocenters. The van der Waals surface area contributed by atoms with E-state index in [9.17, 15) is 10.2 Å². The summed E-state index contributed by atoms with van der Waals surface area (Å²) in [7, 11) is 0. The number of piperidine rings is 1. The number of aliphatic hydroxyl groups is 1. The Bertz CT molecular complexity index is 685. The maximum atomic E-state index is 9.94. The molecule has 0 bridgehead atoms. The lowest BCUT2D eigenvalue weighted by Crippen LogP contribution is -2.35. The molecule has 2 aromatic carbocycles. The first-order valence-corrected chi connectivity index (χ1v) is 8.69. The number of para-hydroxylation sites is 1. The average molecular weight is 347 g/mol. The first kappa shape index (κ1) is 17.1. The number of nitrogens with zero attached hydrogens (tertiary/aromatic N) is 1. The third kappa shape index (κ3) is 4.41. The van der Waals surface area contributed by atoms with Gasteiger partial charge in [-0.05, 0) is 42.7 Å². The van der Waals surface area contributed by atoms with E-state index in [0.717, 1.165) is 43.7 Å². The molecule has 0 unspecified atom stereocenters. The van der Waals surface area contributed by atoms with Crippen LogP contribution in [0.25, 0.3) is 0 Å². The summed E-state index contributed by atoms with van der Waals surface area (Å²) >= 11 is 6.00. The van der Waals surface area contributed by atoms with Gasteiger partial charge in [0.05, 0.1) is 6.10 Å². The lowest BCUT2D eigenvalue weighted by atomic mass is 10.1. The minimum atomic E-state index is -0.152. The SMILES string of the molecule is Oc1ccc(Cl)cc1CNc1ccccc1CN1CCC(O)CC1. The molecule has 3 N–H and O–H groups in total. The Kier molecular flexibility index (Phi) is 5.61. The van der Waals surface area contributed by atoms with E-state index in [4.69, 9.17) is 11.6 Å². The second-order valence-electron chi connectivity index (χ2n) is 6.29. The highest BCUT2D eigenvalue weighted by Crippen LogP contribution is 2.24. The van der Waals surface area contributed by atoms with Crippen LogP contribution in [0, 0.1) is 0 Å². The fraction of sp³-hybridized carbons (Fsp3) is 0.368. The van der Waals surface area contributed by atoms with Crippen molar-refractivity contribution in [2.75, 3.05) is 18.4 Å². The highest BCUT2D eigenvalue weighted by molar-refractivity contribution is 6.30. The second kappa shape index (κ2) is 7.88. The number of phenols is 1. The maximum absolute atomic E-state index is 9.94. The summed E-state index contributed by atoms with van der Waals surface area (Å²) in [5.41, 5.74) is 3.05. The average Bonchev–Trinajstić information content (AvgIpc) is 2.59. The molecule has 2 aromatic rings. The van der Waals surface area contributed by atoms with Gasteiger partial charge in [-0.1, -0.05) is 29.8 Å². The van der Waals surface area contributed by atoms with Crippen molar-refractivity contribution in [3.8, 4) is 5.75 Å². The second-order valence-corrected chi connectivity index (χ2v) is 6.73. The first-order valence-electron chi connectivity index (χ1n) is 8.31. The molecule has 1 fully saturated rings. The van der Waals surface area contributed by atoms with Gasteiger partial charge in [0.1, 0.15) is 5.75 Å². The molecule has 1 aliphatic heterocycles. The number of hydrogen-bond donors (Lipinski definition) is 3. The molecule has 1 aliphatic rings. The van der Waals surface area contributed by atoms with Gasteiger partial charge in [-0.15, -0.1) is 0 Å². The van der Waals surface area contributed by atoms with Crippen molar-refractivity contribution in [2.45, 2.75) is 32.0 Å². The number of benzene rings is 2. The van der Waals surface area contributed by atoms with Crippen LogP contribution in [0.1, 0.15) is 24.0 Å². The Labute approximate surface area is 147 Å². The Morgan fingerprint density at radius 2 is 1.83 bits per heavy atom. The van der Waals surface area contributed by atoms with E-state index in [1.54, 1.807) is 18.2 Å². The zero-order valence-electron chi connectivity index (χ0n) is 13.6. The maximum Gasteiger partial charge on any atom is 0.120 e. The molecule has 0 aromatic heterocycles. The fourth-order valence-corrected chi connectivity index (χ4v) is 3.23. The molecule has 0 radical (unpaired) electrons. The standard InChI is InChI=1S/C19H23ClN2O2/c20-16-5-6-19(24)15(11-16)12-21-18-4-2-1-3-14(18)13-22-9-7-17(23)8-10-22/h1-6,11,17,21,23-24H,7-10,12-13H2. The Morgan fingerprint density at radius 3 is 2.62 bits per heavy atom. The van der Waals surface area contributed by atoms with Crippen molar-refractivity contribution in [2.24, 2.45) is 0 Å². The highest BCUT2D eigenvalue weighted by atomic mass is 35.5. The first-order chi connectivity index (χ1) is 11.6. The summed E-state index contributed by atoms with van der Waals surface area (Å²) in [5.74, 6) is 0.245. The van der Waals surface area contributed by atoms with Gasteiger partial charge >= 0.3 is 0 Å². The number of halogens is 1. The third-order valence-corrected chi connectivity index (χ3v) is 4.71.